The van der Waals surface area contributed by atoms with Crippen molar-refractivity contribution in [3.05, 3.63) is 29.3 Å². The van der Waals surface area contributed by atoms with E-state index in [1.54, 1.807) is 6.07 Å². The summed E-state index contributed by atoms with van der Waals surface area (Å²) in [6.45, 7) is 6.79. The van der Waals surface area contributed by atoms with Gasteiger partial charge in [0.2, 0.25) is 5.91 Å². The van der Waals surface area contributed by atoms with Gasteiger partial charge in [-0.15, -0.1) is 0 Å². The van der Waals surface area contributed by atoms with Crippen molar-refractivity contribution in [3.63, 3.8) is 0 Å². The van der Waals surface area contributed by atoms with Crippen molar-refractivity contribution in [2.45, 2.75) is 80.9 Å². The van der Waals surface area contributed by atoms with Crippen LogP contribution < -0.4 is 0 Å². The highest BCUT2D eigenvalue weighted by Gasteiger charge is 2.55. The fraction of sp³-hybridized carbons (Fsp3) is 0.696. The molecule has 3 fully saturated rings. The summed E-state index contributed by atoms with van der Waals surface area (Å²) in [5.74, 6) is -0.151. The number of aryl methyl sites for hydroxylation is 2. The van der Waals surface area contributed by atoms with Crippen LogP contribution in [-0.4, -0.2) is 61.1 Å². The summed E-state index contributed by atoms with van der Waals surface area (Å²) in [6, 6.07) is 6.19. The summed E-state index contributed by atoms with van der Waals surface area (Å²) in [6.07, 6.45) is 7.64. The number of benzene rings is 1. The van der Waals surface area contributed by atoms with Gasteiger partial charge in [0.1, 0.15) is 0 Å². The normalized spacial score (nSPS) is 23.6. The molecular formula is C23H34N2O3S. The van der Waals surface area contributed by atoms with Crippen LogP contribution in [0.2, 0.25) is 0 Å². The van der Waals surface area contributed by atoms with Crippen LogP contribution in [0.3, 0.4) is 0 Å². The number of carbonyl (C=O) groups is 1. The average Bonchev–Trinajstić information content (AvgIpc) is 3.42. The maximum absolute atomic E-state index is 13.8. The largest absolute Gasteiger partial charge is 0.339 e. The number of hydrogen-bond donors (Lipinski definition) is 0. The smallest absolute Gasteiger partial charge is 0.244 e. The second-order valence-electron chi connectivity index (χ2n) is 9.24. The molecule has 1 aromatic rings. The number of amides is 1. The van der Waals surface area contributed by atoms with Crippen LogP contribution in [0.25, 0.3) is 0 Å². The third-order valence-electron chi connectivity index (χ3n) is 7.39. The maximum Gasteiger partial charge on any atom is 0.244 e. The van der Waals surface area contributed by atoms with E-state index in [1.165, 1.54) is 25.7 Å². The van der Waals surface area contributed by atoms with Gasteiger partial charge in [-0.2, -0.15) is 0 Å². The van der Waals surface area contributed by atoms with E-state index in [1.807, 2.05) is 30.9 Å². The number of piperazine rings is 1. The summed E-state index contributed by atoms with van der Waals surface area (Å²) < 4.78 is 26.4. The van der Waals surface area contributed by atoms with Crippen LogP contribution in [0, 0.1) is 13.8 Å². The lowest BCUT2D eigenvalue weighted by Gasteiger charge is -2.41. The van der Waals surface area contributed by atoms with Crippen molar-refractivity contribution in [1.82, 2.24) is 9.80 Å². The van der Waals surface area contributed by atoms with E-state index >= 15 is 0 Å². The Hall–Kier alpha value is -1.40. The lowest BCUT2D eigenvalue weighted by atomic mass is 10.0. The molecule has 3 aliphatic rings. The highest BCUT2D eigenvalue weighted by molar-refractivity contribution is 7.93. The number of rotatable bonds is 4. The predicted molar refractivity (Wildman–Crippen MR) is 115 cm³/mol. The number of sulfone groups is 1. The van der Waals surface area contributed by atoms with Gasteiger partial charge in [-0.25, -0.2) is 8.42 Å². The molecule has 0 atom stereocenters. The molecular weight excluding hydrogens is 384 g/mol. The number of carbonyl (C=O) groups excluding carboxylic acids is 1. The number of nitrogens with zero attached hydrogens (tertiary/aromatic N) is 2. The molecule has 0 spiro atoms. The first kappa shape index (κ1) is 20.9. The minimum atomic E-state index is -3.74. The van der Waals surface area contributed by atoms with Gasteiger partial charge >= 0.3 is 0 Å². The van der Waals surface area contributed by atoms with Gasteiger partial charge in [-0.3, -0.25) is 9.69 Å². The molecule has 0 N–H and O–H groups in total. The van der Waals surface area contributed by atoms with E-state index in [9.17, 15) is 13.2 Å². The molecule has 1 amide bonds. The second-order valence-corrected chi connectivity index (χ2v) is 11.5. The van der Waals surface area contributed by atoms with Crippen molar-refractivity contribution >= 4 is 15.7 Å². The third-order valence-corrected chi connectivity index (χ3v) is 10.0. The first-order valence-corrected chi connectivity index (χ1v) is 12.7. The Balaban J connectivity index is 1.58. The van der Waals surface area contributed by atoms with Crippen LogP contribution in [0.4, 0.5) is 0 Å². The molecule has 1 aliphatic heterocycles. The molecule has 4 rings (SSSR count). The van der Waals surface area contributed by atoms with E-state index < -0.39 is 14.6 Å². The van der Waals surface area contributed by atoms with E-state index in [-0.39, 0.29) is 5.91 Å². The molecule has 1 heterocycles. The van der Waals surface area contributed by atoms with E-state index in [0.29, 0.717) is 36.9 Å². The lowest BCUT2D eigenvalue weighted by molar-refractivity contribution is -0.136. The molecule has 2 saturated carbocycles. The topological polar surface area (TPSA) is 57.7 Å². The Morgan fingerprint density at radius 3 is 2.21 bits per heavy atom. The molecule has 1 saturated heterocycles. The second kappa shape index (κ2) is 8.03. The molecule has 0 unspecified atom stereocenters. The van der Waals surface area contributed by atoms with Gasteiger partial charge in [0.15, 0.2) is 14.6 Å². The van der Waals surface area contributed by atoms with Gasteiger partial charge in [-0.05, 0) is 56.7 Å². The Morgan fingerprint density at radius 2 is 1.59 bits per heavy atom. The molecule has 6 heteroatoms. The lowest BCUT2D eigenvalue weighted by Crippen LogP contribution is -2.58. The van der Waals surface area contributed by atoms with Gasteiger partial charge in [0, 0.05) is 32.2 Å². The van der Waals surface area contributed by atoms with Crippen LogP contribution in [0.1, 0.15) is 62.5 Å². The standard InChI is InChI=1S/C23H34N2O3S/c1-18-9-10-19(2)21(17-18)29(27,28)23(11-5-6-12-23)22(26)25-15-13-24(14-16-25)20-7-3-4-8-20/h9-10,17,20H,3-8,11-16H2,1-2H3. The number of hydrogen-bond acceptors (Lipinski definition) is 4. The van der Waals surface area contributed by atoms with E-state index in [0.717, 1.165) is 37.1 Å². The highest BCUT2D eigenvalue weighted by atomic mass is 32.2. The van der Waals surface area contributed by atoms with Gasteiger partial charge in [-0.1, -0.05) is 37.8 Å². The molecule has 1 aromatic carbocycles. The van der Waals surface area contributed by atoms with Crippen LogP contribution in [0.15, 0.2) is 23.1 Å². The molecule has 0 radical (unpaired) electrons. The first-order chi connectivity index (χ1) is 13.8. The Morgan fingerprint density at radius 1 is 0.966 bits per heavy atom. The molecule has 2 aliphatic carbocycles. The fourth-order valence-corrected chi connectivity index (χ4v) is 8.04. The zero-order valence-corrected chi connectivity index (χ0v) is 18.6. The molecule has 160 valence electrons. The monoisotopic (exact) mass is 418 g/mol. The van der Waals surface area contributed by atoms with Crippen molar-refractivity contribution < 1.29 is 13.2 Å². The Bertz CT molecular complexity index is 860. The van der Waals surface area contributed by atoms with Gasteiger partial charge in [0.05, 0.1) is 4.90 Å². The van der Waals surface area contributed by atoms with Crippen molar-refractivity contribution in [2.75, 3.05) is 26.2 Å². The molecule has 5 nitrogen and oxygen atoms in total. The molecule has 0 bridgehead atoms. The van der Waals surface area contributed by atoms with Gasteiger partial charge in [0.25, 0.3) is 0 Å². The Kier molecular flexibility index (Phi) is 5.77. The fourth-order valence-electron chi connectivity index (χ4n) is 5.60. The van der Waals surface area contributed by atoms with Crippen LogP contribution in [0.5, 0.6) is 0 Å². The SMILES string of the molecule is Cc1ccc(C)c(S(=O)(=O)C2(C(=O)N3CCN(C4CCCC4)CC3)CCCC2)c1. The first-order valence-electron chi connectivity index (χ1n) is 11.2. The third kappa shape index (κ3) is 3.63. The minimum absolute atomic E-state index is 0.151. The van der Waals surface area contributed by atoms with Crippen molar-refractivity contribution in [3.8, 4) is 0 Å². The average molecular weight is 419 g/mol. The quantitative estimate of drug-likeness (QED) is 0.751. The van der Waals surface area contributed by atoms with E-state index in [4.69, 9.17) is 0 Å². The predicted octanol–water partition coefficient (Wildman–Crippen LogP) is 3.48. The summed E-state index contributed by atoms with van der Waals surface area (Å²) in [7, 11) is -3.74. The van der Waals surface area contributed by atoms with Crippen LogP contribution >= 0.6 is 0 Å². The Labute approximate surface area is 175 Å². The molecule has 0 aromatic heterocycles. The zero-order valence-electron chi connectivity index (χ0n) is 17.8. The van der Waals surface area contributed by atoms with Crippen LogP contribution in [-0.2, 0) is 14.6 Å². The van der Waals surface area contributed by atoms with Gasteiger partial charge < -0.3 is 4.90 Å². The summed E-state index contributed by atoms with van der Waals surface area (Å²) >= 11 is 0. The summed E-state index contributed by atoms with van der Waals surface area (Å²) in [5.41, 5.74) is 1.65. The summed E-state index contributed by atoms with van der Waals surface area (Å²) in [5, 5.41) is 0. The molecule has 29 heavy (non-hydrogen) atoms. The van der Waals surface area contributed by atoms with Crippen molar-refractivity contribution in [2.24, 2.45) is 0 Å². The van der Waals surface area contributed by atoms with Crippen molar-refractivity contribution in [1.29, 1.82) is 0 Å². The van der Waals surface area contributed by atoms with E-state index in [2.05, 4.69) is 4.90 Å². The maximum atomic E-state index is 13.8. The highest BCUT2D eigenvalue weighted by Crippen LogP contribution is 2.43. The zero-order chi connectivity index (χ0) is 20.6. The summed E-state index contributed by atoms with van der Waals surface area (Å²) in [4.78, 5) is 18.4. The minimum Gasteiger partial charge on any atom is -0.339 e.